The third-order valence-electron chi connectivity index (χ3n) is 19.0. The van der Waals surface area contributed by atoms with Crippen molar-refractivity contribution in [3.8, 4) is 11.1 Å². The summed E-state index contributed by atoms with van der Waals surface area (Å²) in [5, 5.41) is 9.06. The normalized spacial score (nSPS) is 15.5. The first-order valence-corrected chi connectivity index (χ1v) is 40.9. The van der Waals surface area contributed by atoms with Gasteiger partial charge < -0.3 is 43.8 Å². The van der Waals surface area contributed by atoms with Crippen molar-refractivity contribution in [2.45, 2.75) is 296 Å². The molecule has 1 amide bonds. The van der Waals surface area contributed by atoms with Crippen molar-refractivity contribution < 1.29 is 74.5 Å². The average molecular weight is 1780 g/mol. The van der Waals surface area contributed by atoms with Gasteiger partial charge in [0.15, 0.2) is 5.78 Å². The Balaban J connectivity index is 0.000000311. The number of ketones is 2. The number of aryl methyl sites for hydroxylation is 4. The van der Waals surface area contributed by atoms with Gasteiger partial charge in [0.1, 0.15) is 80.4 Å². The summed E-state index contributed by atoms with van der Waals surface area (Å²) in [5.74, 6) is -0.195. The third kappa shape index (κ3) is 33.6. The predicted molar refractivity (Wildman–Crippen MR) is 437 cm³/mol. The smallest absolute Gasteiger partial charge is 0.452 e. The predicted octanol–water partition coefficient (Wildman–Crippen LogP) is 20.5. The van der Waals surface area contributed by atoms with E-state index in [-0.39, 0.29) is 81.5 Å². The minimum absolute atomic E-state index is 0. The summed E-state index contributed by atoms with van der Waals surface area (Å²) < 4.78 is 91.0. The fourth-order valence-electron chi connectivity index (χ4n) is 14.4. The van der Waals surface area contributed by atoms with Crippen molar-refractivity contribution in [2.75, 3.05) is 5.33 Å². The number of esters is 2. The van der Waals surface area contributed by atoms with Gasteiger partial charge in [-0.05, 0) is 181 Å². The van der Waals surface area contributed by atoms with Crippen molar-refractivity contribution in [3.05, 3.63) is 160 Å². The number of nitrogens with one attached hydrogen (secondary N) is 1. The molecule has 5 heterocycles. The number of benzene rings is 2. The average Bonchev–Trinajstić information content (AvgIpc) is 1.77. The number of carboxylic acids is 1. The molecule has 2 aromatic carbocycles. The number of alkyl halides is 6. The van der Waals surface area contributed by atoms with E-state index in [1.54, 1.807) is 22.9 Å². The molecule has 0 radical (unpaired) electrons. The second kappa shape index (κ2) is 46.8. The number of halogens is 9. The molecule has 5 aliphatic rings. The van der Waals surface area contributed by atoms with Crippen molar-refractivity contribution in [1.29, 1.82) is 0 Å². The van der Waals surface area contributed by atoms with Crippen LogP contribution in [0.15, 0.2) is 79.5 Å². The van der Waals surface area contributed by atoms with E-state index in [0.29, 0.717) is 46.1 Å². The molecule has 624 valence electrons. The number of nitrogens with two attached hydrogens (primary N) is 1. The van der Waals surface area contributed by atoms with E-state index in [2.05, 4.69) is 79.6 Å². The Labute approximate surface area is 687 Å². The number of Topliss-reactive ketones (excluding diaryl/α,β-unsaturated/α-hetero) is 2. The molecule has 29 heteroatoms. The fraction of sp³-hybridized carbons (Fsp3) is 0.571. The number of carbonyl (C=O) groups is 7. The van der Waals surface area contributed by atoms with Gasteiger partial charge in [0.2, 0.25) is 0 Å². The van der Waals surface area contributed by atoms with Crippen LogP contribution in [0.3, 0.4) is 0 Å². The number of rotatable bonds is 20. The highest BCUT2D eigenvalue weighted by atomic mass is 79.9. The van der Waals surface area contributed by atoms with Gasteiger partial charge in [-0.1, -0.05) is 139 Å². The topological polar surface area (TPSA) is 279 Å². The molecule has 5 fully saturated rings. The minimum Gasteiger partial charge on any atom is -0.480 e. The van der Waals surface area contributed by atoms with Crippen molar-refractivity contribution in [3.63, 3.8) is 0 Å². The molecule has 0 bridgehead atoms. The molecule has 7 aromatic rings. The van der Waals surface area contributed by atoms with E-state index in [4.69, 9.17) is 25.3 Å². The number of aromatic amines is 1. The highest BCUT2D eigenvalue weighted by Crippen LogP contribution is 2.39. The van der Waals surface area contributed by atoms with Gasteiger partial charge in [0.05, 0.1) is 34.9 Å². The molecule has 0 unspecified atom stereocenters. The standard InChI is InChI=1S/C32H31F3N4O2.C15H24N2O2.C11H16N2O2.C9H14N2.C6H11BrO2.C6H10O.C3HBr2F3O.2CH4/c1-19-17-39(32(38-19)21-5-2-3-6-21)18-26(40)14-23(11-20-12-24(33)16-25(34)13-20)30-27(7-4-10-37-30)22-8-9-29(35)28(15-22)31(36)41;1-11-9-17(10-13(18)19-15(2,3)4)14(16-11)12-7-5-6-8-12;1-8-6-13(7-10(14)15)11(12-8)9-4-2-3-5-9;1-7-6-10-9(11-7)8-4-2-3-5-8;1-6(2,3)9-5(8)4-7;7-5-6-3-1-2-4-6;4-2(5)1(9)3(6,7)8;;/h4,7-10,12-13,15-17,21,23H,2-3,5-6,11,14,18H2,1H3,(H2,36,41);9,12H,5-8,10H2,1-4H3;6,9H,2-5,7H2,1H3,(H,14,15);6,8H,2-5H2,1H3,(H,10,11);4H2,1-3H3;5-6H,1-4H2;2H;2*1H4/t23-;;;;;;;;/m1......../s1. The van der Waals surface area contributed by atoms with Crippen LogP contribution in [0.1, 0.15) is 289 Å². The van der Waals surface area contributed by atoms with Crippen LogP contribution < -0.4 is 5.73 Å². The van der Waals surface area contributed by atoms with Gasteiger partial charge in [0.25, 0.3) is 11.7 Å². The van der Waals surface area contributed by atoms with Crippen LogP contribution in [0.25, 0.3) is 11.1 Å². The number of imidazole rings is 4. The first kappa shape index (κ1) is 97.7. The molecule has 5 aromatic heterocycles. The number of ether oxygens (including phenoxy) is 2. The van der Waals surface area contributed by atoms with Gasteiger partial charge in [-0.15, -0.1) is 0 Å². The lowest BCUT2D eigenvalue weighted by Crippen LogP contribution is -2.27. The zero-order valence-electron chi connectivity index (χ0n) is 65.2. The Morgan fingerprint density at radius 1 is 0.619 bits per heavy atom. The summed E-state index contributed by atoms with van der Waals surface area (Å²) in [5.41, 5.74) is 10.2. The fourth-order valence-corrected chi connectivity index (χ4v) is 15.0. The largest absolute Gasteiger partial charge is 0.480 e. The number of amides is 1. The second-order valence-corrected chi connectivity index (χ2v) is 34.6. The number of aldehydes is 1. The number of aromatic nitrogens is 9. The molecule has 5 saturated carbocycles. The van der Waals surface area contributed by atoms with Crippen LogP contribution in [-0.2, 0) is 64.3 Å². The van der Waals surface area contributed by atoms with Gasteiger partial charge >= 0.3 is 24.1 Å². The molecular formula is C84H115Br3F6N10O10. The number of aliphatic carboxylic acids is 1. The lowest BCUT2D eigenvalue weighted by atomic mass is 9.86. The zero-order valence-corrected chi connectivity index (χ0v) is 69.9. The Kier molecular flexibility index (Phi) is 40.4. The summed E-state index contributed by atoms with van der Waals surface area (Å²) >= 11 is 7.84. The minimum atomic E-state index is -4.75. The Bertz CT molecular complexity index is 4150. The van der Waals surface area contributed by atoms with Crippen LogP contribution in [0.2, 0.25) is 0 Å². The molecule has 1 atom stereocenters. The molecule has 113 heavy (non-hydrogen) atoms. The zero-order chi connectivity index (χ0) is 81.9. The van der Waals surface area contributed by atoms with Crippen molar-refractivity contribution >= 4 is 89.5 Å². The highest BCUT2D eigenvalue weighted by Gasteiger charge is 2.41. The number of carboxylic acid groups (broad SMARTS) is 1. The number of H-pyrrole nitrogens is 1. The van der Waals surface area contributed by atoms with Gasteiger partial charge in [-0.3, -0.25) is 33.8 Å². The lowest BCUT2D eigenvalue weighted by Gasteiger charge is -2.21. The number of hydrogen-bond acceptors (Lipinski definition) is 14. The highest BCUT2D eigenvalue weighted by molar-refractivity contribution is 9.25. The molecule has 0 aliphatic heterocycles. The van der Waals surface area contributed by atoms with E-state index >= 15 is 0 Å². The molecule has 5 aliphatic carbocycles. The van der Waals surface area contributed by atoms with Crippen LogP contribution in [0.4, 0.5) is 26.3 Å². The van der Waals surface area contributed by atoms with E-state index in [1.165, 1.54) is 113 Å². The number of pyridine rings is 1. The van der Waals surface area contributed by atoms with Crippen LogP contribution in [0.5, 0.6) is 0 Å². The number of primary amides is 1. The van der Waals surface area contributed by atoms with Crippen molar-refractivity contribution in [2.24, 2.45) is 11.7 Å². The lowest BCUT2D eigenvalue weighted by molar-refractivity contribution is -0.168. The number of hydrogen-bond donors (Lipinski definition) is 3. The molecule has 20 nitrogen and oxygen atoms in total. The molecule has 0 spiro atoms. The first-order chi connectivity index (χ1) is 52.3. The maximum atomic E-state index is 14.2. The maximum Gasteiger partial charge on any atom is 0.452 e. The van der Waals surface area contributed by atoms with Crippen LogP contribution in [0, 0.1) is 51.1 Å². The molecule has 0 saturated heterocycles. The third-order valence-corrected chi connectivity index (χ3v) is 20.3. The quantitative estimate of drug-likeness (QED) is 0.0277. The molecule has 12 rings (SSSR count). The second-order valence-electron chi connectivity index (χ2n) is 30.9. The van der Waals surface area contributed by atoms with E-state index in [9.17, 15) is 59.9 Å². The summed E-state index contributed by atoms with van der Waals surface area (Å²) in [6.07, 6.45) is 30.0. The van der Waals surface area contributed by atoms with Crippen molar-refractivity contribution in [1.82, 2.24) is 43.6 Å². The summed E-state index contributed by atoms with van der Waals surface area (Å²) in [6, 6.07) is 10.7. The number of carbonyl (C=O) groups excluding carboxylic acids is 6. The summed E-state index contributed by atoms with van der Waals surface area (Å²) in [6.45, 7) is 19.5. The SMILES string of the molecule is C.C.CC(C)(C)OC(=O)CBr.Cc1cn(CC(=O)C[C@@H](Cc2cc(F)cc(F)c2)c2ncccc2-c2ccc(F)c(C(N)=O)c2)c(C2CCCC2)n1.Cc1cn(CC(=O)O)c(C2CCCC2)n1.Cc1cn(CC(=O)OC(C)(C)C)c(C2CCCC2)n1.Cc1cnc(C2CCCC2)[nH]1.O=C(C(Br)Br)C(F)(F)F.O=CC1CCCC1. The van der Waals surface area contributed by atoms with E-state index in [1.807, 2.05) is 96.2 Å². The first-order valence-electron chi connectivity index (χ1n) is 38.0. The van der Waals surface area contributed by atoms with E-state index in [0.717, 1.165) is 110 Å². The van der Waals surface area contributed by atoms with Gasteiger partial charge in [-0.25, -0.2) is 33.1 Å². The van der Waals surface area contributed by atoms with Crippen LogP contribution in [-0.4, -0.2) is 117 Å². The molecular weight excluding hydrogens is 1660 g/mol. The van der Waals surface area contributed by atoms with Gasteiger partial charge in [-0.2, -0.15) is 13.2 Å². The Morgan fingerprint density at radius 3 is 1.44 bits per heavy atom. The Hall–Kier alpha value is -7.66. The molecule has 4 N–H and O–H groups in total. The summed E-state index contributed by atoms with van der Waals surface area (Å²) in [7, 11) is 0. The Morgan fingerprint density at radius 2 is 1.06 bits per heavy atom. The monoisotopic (exact) mass is 1770 g/mol. The number of nitrogens with zero attached hydrogens (tertiary/aromatic N) is 8. The van der Waals surface area contributed by atoms with Gasteiger partial charge in [0, 0.05) is 90.2 Å². The van der Waals surface area contributed by atoms with Crippen LogP contribution >= 0.6 is 47.8 Å². The maximum absolute atomic E-state index is 14.2. The summed E-state index contributed by atoms with van der Waals surface area (Å²) in [4.78, 5) is 105. The van der Waals surface area contributed by atoms with E-state index < -0.39 is 56.5 Å².